The summed E-state index contributed by atoms with van der Waals surface area (Å²) in [7, 11) is 1.22. The molecule has 12 heteroatoms. The van der Waals surface area contributed by atoms with Crippen molar-refractivity contribution >= 4 is 50.6 Å². The molecule has 0 N–H and O–H groups in total. The van der Waals surface area contributed by atoms with Gasteiger partial charge in [-0.2, -0.15) is 22.9 Å². The molecule has 38 heavy (non-hydrogen) atoms. The summed E-state index contributed by atoms with van der Waals surface area (Å²) in [5.41, 5.74) is -0.916. The Morgan fingerprint density at radius 3 is 2.61 bits per heavy atom. The third kappa shape index (κ3) is 5.73. The second-order valence-electron chi connectivity index (χ2n) is 7.98. The van der Waals surface area contributed by atoms with Crippen LogP contribution in [-0.4, -0.2) is 35.1 Å². The number of benzene rings is 3. The summed E-state index contributed by atoms with van der Waals surface area (Å²) in [5.74, 6) is -0.558. The van der Waals surface area contributed by atoms with Gasteiger partial charge in [0.25, 0.3) is 5.56 Å². The van der Waals surface area contributed by atoms with E-state index in [2.05, 4.69) is 26.0 Å². The molecule has 1 heterocycles. The number of rotatable bonds is 6. The van der Waals surface area contributed by atoms with E-state index in [0.29, 0.717) is 9.50 Å². The minimum atomic E-state index is -4.60. The van der Waals surface area contributed by atoms with Crippen LogP contribution < -0.4 is 10.3 Å². The van der Waals surface area contributed by atoms with Crippen molar-refractivity contribution in [3.8, 4) is 17.1 Å². The summed E-state index contributed by atoms with van der Waals surface area (Å²) >= 11 is 9.54. The van der Waals surface area contributed by atoms with Crippen molar-refractivity contribution in [2.75, 3.05) is 7.11 Å². The van der Waals surface area contributed by atoms with Gasteiger partial charge in [-0.3, -0.25) is 4.79 Å². The molecule has 4 rings (SSSR count). The highest BCUT2D eigenvalue weighted by molar-refractivity contribution is 9.10. The van der Waals surface area contributed by atoms with E-state index < -0.39 is 29.4 Å². The molecule has 0 amide bonds. The van der Waals surface area contributed by atoms with Crippen molar-refractivity contribution in [3.05, 3.63) is 91.6 Å². The van der Waals surface area contributed by atoms with Crippen molar-refractivity contribution < 1.29 is 27.4 Å². The molecule has 4 aromatic rings. The molecule has 0 aliphatic rings. The largest absolute Gasteiger partial charge is 0.477 e. The number of halogens is 5. The van der Waals surface area contributed by atoms with Crippen molar-refractivity contribution in [1.29, 1.82) is 0 Å². The SMILES string of the molecule is COC(=O)[C@H](C)Oc1c(Br)cc(Cl)cc1C=Nn1c(-c2cccc(C(F)(F)F)c2)nc2ccccc2c1=O. The molecular weight excluding hydrogens is 591 g/mol. The molecule has 0 saturated carbocycles. The van der Waals surface area contributed by atoms with Crippen LogP contribution >= 0.6 is 27.5 Å². The molecule has 0 aliphatic carbocycles. The molecule has 0 saturated heterocycles. The molecule has 1 aromatic heterocycles. The van der Waals surface area contributed by atoms with E-state index in [-0.39, 0.29) is 33.6 Å². The first kappa shape index (κ1) is 27.3. The monoisotopic (exact) mass is 607 g/mol. The van der Waals surface area contributed by atoms with Gasteiger partial charge in [-0.15, -0.1) is 0 Å². The third-order valence-corrected chi connectivity index (χ3v) is 6.19. The molecule has 3 aromatic carbocycles. The van der Waals surface area contributed by atoms with E-state index in [9.17, 15) is 22.8 Å². The van der Waals surface area contributed by atoms with E-state index in [4.69, 9.17) is 21.1 Å². The van der Waals surface area contributed by atoms with Gasteiger partial charge in [-0.25, -0.2) is 9.78 Å². The van der Waals surface area contributed by atoms with Crippen LogP contribution in [0.15, 0.2) is 75.0 Å². The van der Waals surface area contributed by atoms with Crippen LogP contribution in [0.25, 0.3) is 22.3 Å². The highest BCUT2D eigenvalue weighted by Crippen LogP contribution is 2.34. The molecule has 0 aliphatic heterocycles. The summed E-state index contributed by atoms with van der Waals surface area (Å²) in [6.45, 7) is 1.48. The molecule has 7 nitrogen and oxygen atoms in total. The smallest absolute Gasteiger partial charge is 0.416 e. The second-order valence-corrected chi connectivity index (χ2v) is 9.27. The third-order valence-electron chi connectivity index (χ3n) is 5.38. The summed E-state index contributed by atoms with van der Waals surface area (Å²) in [4.78, 5) is 29.7. The Hall–Kier alpha value is -3.70. The molecule has 0 fully saturated rings. The first-order valence-corrected chi connectivity index (χ1v) is 12.1. The van der Waals surface area contributed by atoms with Crippen LogP contribution in [0.2, 0.25) is 5.02 Å². The van der Waals surface area contributed by atoms with Crippen molar-refractivity contribution in [3.63, 3.8) is 0 Å². The lowest BCUT2D eigenvalue weighted by molar-refractivity contribution is -0.148. The van der Waals surface area contributed by atoms with Gasteiger partial charge in [0.1, 0.15) is 5.75 Å². The Bertz CT molecular complexity index is 1620. The topological polar surface area (TPSA) is 82.8 Å². The van der Waals surface area contributed by atoms with Crippen molar-refractivity contribution in [2.45, 2.75) is 19.2 Å². The van der Waals surface area contributed by atoms with Crippen molar-refractivity contribution in [2.24, 2.45) is 5.10 Å². The van der Waals surface area contributed by atoms with E-state index in [1.54, 1.807) is 18.2 Å². The summed E-state index contributed by atoms with van der Waals surface area (Å²) < 4.78 is 52.0. The zero-order chi connectivity index (χ0) is 27.6. The van der Waals surface area contributed by atoms with E-state index in [1.165, 1.54) is 50.6 Å². The predicted molar refractivity (Wildman–Crippen MR) is 141 cm³/mol. The Kier molecular flexibility index (Phi) is 7.89. The average Bonchev–Trinajstić information content (AvgIpc) is 2.88. The van der Waals surface area contributed by atoms with Gasteiger partial charge in [0.15, 0.2) is 11.9 Å². The van der Waals surface area contributed by atoms with Gasteiger partial charge in [-0.05, 0) is 59.3 Å². The Morgan fingerprint density at radius 2 is 1.89 bits per heavy atom. The molecule has 0 spiro atoms. The van der Waals surface area contributed by atoms with Crippen LogP contribution in [-0.2, 0) is 15.7 Å². The number of alkyl halides is 3. The van der Waals surface area contributed by atoms with Gasteiger partial charge in [-0.1, -0.05) is 35.9 Å². The number of para-hydroxylation sites is 1. The Morgan fingerprint density at radius 1 is 1.16 bits per heavy atom. The quantitative estimate of drug-likeness (QED) is 0.189. The fraction of sp³-hybridized carbons (Fsp3) is 0.154. The van der Waals surface area contributed by atoms with Crippen LogP contribution in [0.3, 0.4) is 0 Å². The Balaban J connectivity index is 1.91. The molecule has 1 atom stereocenters. The lowest BCUT2D eigenvalue weighted by atomic mass is 10.1. The second kappa shape index (κ2) is 11.0. The van der Waals surface area contributed by atoms with Gasteiger partial charge >= 0.3 is 12.1 Å². The van der Waals surface area contributed by atoms with Gasteiger partial charge in [0, 0.05) is 16.1 Å². The number of methoxy groups -OCH3 is 1. The Labute approximate surface area is 227 Å². The maximum atomic E-state index is 13.4. The van der Waals surface area contributed by atoms with E-state index in [1.807, 2.05) is 0 Å². The zero-order valence-corrected chi connectivity index (χ0v) is 22.1. The molecule has 0 bridgehead atoms. The maximum absolute atomic E-state index is 13.4. The standard InChI is InChI=1S/C26H18BrClF3N3O4/c1-14(25(36)37-2)38-22-16(11-18(28)12-20(22)27)13-32-34-23(15-6-5-7-17(10-15)26(29,30)31)33-21-9-4-3-8-19(21)24(34)35/h3-14H,1-2H3/t14-/m0/s1. The number of carbonyl (C=O) groups is 1. The minimum Gasteiger partial charge on any atom is -0.477 e. The highest BCUT2D eigenvalue weighted by Gasteiger charge is 2.31. The number of aromatic nitrogens is 2. The van der Waals surface area contributed by atoms with Crippen LogP contribution in [0.1, 0.15) is 18.1 Å². The lowest BCUT2D eigenvalue weighted by Gasteiger charge is -2.16. The van der Waals surface area contributed by atoms with Crippen LogP contribution in [0.4, 0.5) is 13.2 Å². The number of esters is 1. The molecule has 196 valence electrons. The summed E-state index contributed by atoms with van der Waals surface area (Å²) in [6, 6.07) is 13.9. The van der Waals surface area contributed by atoms with Gasteiger partial charge in [0.05, 0.1) is 34.3 Å². The summed E-state index contributed by atoms with van der Waals surface area (Å²) in [6.07, 6.45) is -4.35. The zero-order valence-electron chi connectivity index (χ0n) is 19.8. The number of carbonyl (C=O) groups excluding carboxylic acids is 1. The van der Waals surface area contributed by atoms with Crippen LogP contribution in [0, 0.1) is 0 Å². The van der Waals surface area contributed by atoms with Crippen LogP contribution in [0.5, 0.6) is 5.75 Å². The molecule has 0 unspecified atom stereocenters. The normalized spacial score (nSPS) is 12.6. The number of fused-ring (bicyclic) bond motifs is 1. The van der Waals surface area contributed by atoms with Gasteiger partial charge in [0.2, 0.25) is 0 Å². The maximum Gasteiger partial charge on any atom is 0.416 e. The molecule has 0 radical (unpaired) electrons. The number of ether oxygens (including phenoxy) is 2. The number of hydrogen-bond donors (Lipinski definition) is 0. The fourth-order valence-corrected chi connectivity index (χ4v) is 4.49. The van der Waals surface area contributed by atoms with Gasteiger partial charge < -0.3 is 9.47 Å². The predicted octanol–water partition coefficient (Wildman–Crippen LogP) is 6.32. The lowest BCUT2D eigenvalue weighted by Crippen LogP contribution is -2.25. The minimum absolute atomic E-state index is 0.0305. The highest BCUT2D eigenvalue weighted by atomic mass is 79.9. The number of hydrogen-bond acceptors (Lipinski definition) is 6. The fourth-order valence-electron chi connectivity index (χ4n) is 3.56. The average molecular weight is 609 g/mol. The van der Waals surface area contributed by atoms with Crippen molar-refractivity contribution in [1.82, 2.24) is 9.66 Å². The summed E-state index contributed by atoms with van der Waals surface area (Å²) in [5, 5.41) is 4.77. The number of nitrogens with zero attached hydrogens (tertiary/aromatic N) is 3. The molecular formula is C26H18BrClF3N3O4. The van der Waals surface area contributed by atoms with E-state index >= 15 is 0 Å². The first-order chi connectivity index (χ1) is 18.0. The van der Waals surface area contributed by atoms with E-state index in [0.717, 1.165) is 16.8 Å². The first-order valence-electron chi connectivity index (χ1n) is 11.0.